The van der Waals surface area contributed by atoms with Crippen LogP contribution in [0.1, 0.15) is 158 Å². The topological polar surface area (TPSA) is 287 Å². The van der Waals surface area contributed by atoms with Gasteiger partial charge in [0.2, 0.25) is 0 Å². The SMILES string of the molecule is COc1cc(-c2nccc(-c3cccc(NC(=O)c4nc5c(n4C)CCN(CC46CCC(C(=O)O)(CC4)C6)C5)c3Cl)c2Cl)ccc1CNCC12CC(C(=O)OC(=O)C34CC(CNCc5ccc(-c6nccc(-c7cccc(NC(=O)c8nc9c(n8C)CCN(CC8%10CCC(C(=O)O)(CC8)C%10)C9)c7Cl)c6Cl)cc5OC)(C3)C4)(C1)C2. The first-order valence-corrected chi connectivity index (χ1v) is 40.8. The van der Waals surface area contributed by atoms with E-state index in [1.807, 2.05) is 83.9 Å². The molecule has 0 unspecified atom stereocenters. The van der Waals surface area contributed by atoms with Crippen molar-refractivity contribution in [2.45, 2.75) is 142 Å². The van der Waals surface area contributed by atoms with Gasteiger partial charge in [0.15, 0.2) is 11.6 Å². The van der Waals surface area contributed by atoms with Crippen LogP contribution < -0.4 is 30.7 Å². The number of amides is 2. The van der Waals surface area contributed by atoms with Crippen LogP contribution in [-0.4, -0.2) is 138 Å². The van der Waals surface area contributed by atoms with Gasteiger partial charge in [-0.25, -0.2) is 9.97 Å². The summed E-state index contributed by atoms with van der Waals surface area (Å²) in [5.74, 6) is -1.06. The lowest BCUT2D eigenvalue weighted by atomic mass is 9.34. The average molecular weight is 1610 g/mol. The van der Waals surface area contributed by atoms with Crippen LogP contribution in [0, 0.1) is 43.3 Å². The Morgan fingerprint density at radius 1 is 0.478 bits per heavy atom. The number of nitrogens with one attached hydrogen (secondary N) is 4. The smallest absolute Gasteiger partial charge is 0.319 e. The van der Waals surface area contributed by atoms with Crippen molar-refractivity contribution in [2.24, 2.45) is 57.4 Å². The number of nitrogens with zero attached hydrogens (tertiary/aromatic N) is 8. The van der Waals surface area contributed by atoms with Crippen LogP contribution in [0.25, 0.3) is 44.8 Å². The minimum Gasteiger partial charge on any atom is -0.496 e. The number of benzene rings is 4. The molecule has 27 heteroatoms. The maximum absolute atomic E-state index is 14.0. The van der Waals surface area contributed by atoms with Gasteiger partial charge in [-0.15, -0.1) is 0 Å². The number of carbonyl (C=O) groups is 6. The summed E-state index contributed by atoms with van der Waals surface area (Å²) in [6.45, 7) is 6.90. The molecule has 2 aliphatic heterocycles. The van der Waals surface area contributed by atoms with Crippen molar-refractivity contribution >= 4 is 93.5 Å². The number of carbonyl (C=O) groups excluding carboxylic acids is 4. The number of pyridine rings is 2. The third-order valence-corrected chi connectivity index (χ3v) is 29.6. The fourth-order valence-electron chi connectivity index (χ4n) is 22.3. The monoisotopic (exact) mass is 1610 g/mol. The number of halogens is 4. The predicted octanol–water partition coefficient (Wildman–Crippen LogP) is 14.8. The van der Waals surface area contributed by atoms with Crippen molar-refractivity contribution in [3.63, 3.8) is 0 Å². The van der Waals surface area contributed by atoms with Gasteiger partial charge in [0, 0.05) is 161 Å². The second kappa shape index (κ2) is 28.0. The zero-order chi connectivity index (χ0) is 78.5. The standard InChI is InChI=1S/C86H90Cl4N12O11/c1-99-61-17-29-101(47-79-19-23-83(37-79,24-20-79)75(105)106)35-59(61)95-71(99)73(103)97-57-9-5-7-53(65(57)87)55-15-27-93-69(67(55)89)49-11-13-51(63(31-49)111-3)33-91-45-81-39-85(40-81,41-81)77(109)113-78(110)86-42-82(43-86,44-86)46-92-34-52-14-12-50(32-64(52)112-4)70-68(90)56(16-28-94-70)54-8-6-10-58(66(54)88)98-74(104)72-96-60-36-102(30-18-62(60)100(72)2)48-80-21-25-84(38-80,26-22-80)76(107)108/h5-16,27-28,31-32,91-92H,17-26,29-30,33-48H2,1-4H3,(H,97,103)(H,98,104)(H,105,106)(H,107,108). The number of anilines is 2. The first kappa shape index (κ1) is 75.6. The molecule has 10 aliphatic carbocycles. The normalized spacial score (nSPS) is 27.3. The molecule has 588 valence electrons. The Morgan fingerprint density at radius 2 is 0.858 bits per heavy atom. The number of methoxy groups -OCH3 is 2. The van der Waals surface area contributed by atoms with Gasteiger partial charge >= 0.3 is 23.9 Å². The number of carboxylic acids is 2. The molecule has 113 heavy (non-hydrogen) atoms. The molecule has 10 saturated carbocycles. The number of hydrogen-bond donors (Lipinski definition) is 6. The summed E-state index contributed by atoms with van der Waals surface area (Å²) in [6, 6.07) is 26.1. The van der Waals surface area contributed by atoms with E-state index in [0.29, 0.717) is 154 Å². The Kier molecular flexibility index (Phi) is 18.7. The third-order valence-electron chi connectivity index (χ3n) is 28.0. The fourth-order valence-corrected chi connectivity index (χ4v) is 23.5. The Labute approximate surface area is 674 Å². The lowest BCUT2D eigenvalue weighted by Crippen LogP contribution is -2.71. The summed E-state index contributed by atoms with van der Waals surface area (Å²) in [4.78, 5) is 104. The number of esters is 2. The minimum atomic E-state index is -0.660. The molecule has 6 N–H and O–H groups in total. The van der Waals surface area contributed by atoms with Gasteiger partial charge in [0.05, 0.1) is 90.1 Å². The molecule has 8 aromatic rings. The second-order valence-electron chi connectivity index (χ2n) is 35.1. The van der Waals surface area contributed by atoms with Crippen molar-refractivity contribution in [3.05, 3.63) is 163 Å². The Balaban J connectivity index is 0.437. The highest BCUT2D eigenvalue weighted by Crippen LogP contribution is 2.76. The highest BCUT2D eigenvalue weighted by atomic mass is 35.5. The molecule has 0 radical (unpaired) electrons. The van der Waals surface area contributed by atoms with Crippen LogP contribution in [0.3, 0.4) is 0 Å². The van der Waals surface area contributed by atoms with Gasteiger partial charge in [0.25, 0.3) is 11.8 Å². The van der Waals surface area contributed by atoms with Gasteiger partial charge in [-0.1, -0.05) is 94.9 Å². The van der Waals surface area contributed by atoms with E-state index in [1.165, 1.54) is 0 Å². The summed E-state index contributed by atoms with van der Waals surface area (Å²) >= 11 is 28.7. The summed E-state index contributed by atoms with van der Waals surface area (Å²) in [7, 11) is 6.97. The number of fused-ring (bicyclic) bond motifs is 6. The first-order chi connectivity index (χ1) is 54.2. The van der Waals surface area contributed by atoms with E-state index in [9.17, 15) is 39.0 Å². The van der Waals surface area contributed by atoms with Crippen molar-refractivity contribution in [1.82, 2.24) is 49.5 Å². The van der Waals surface area contributed by atoms with Crippen LogP contribution in [-0.2, 0) is 77.0 Å². The van der Waals surface area contributed by atoms with Gasteiger partial charge in [-0.05, 0) is 161 Å². The summed E-state index contributed by atoms with van der Waals surface area (Å²) in [5.41, 5.74) is 8.91. The van der Waals surface area contributed by atoms with Crippen LogP contribution in [0.5, 0.6) is 11.5 Å². The largest absolute Gasteiger partial charge is 0.496 e. The second-order valence-corrected chi connectivity index (χ2v) is 36.6. The van der Waals surface area contributed by atoms with Crippen LogP contribution in [0.15, 0.2) is 97.3 Å². The van der Waals surface area contributed by atoms with E-state index < -0.39 is 57.4 Å². The predicted molar refractivity (Wildman–Crippen MR) is 427 cm³/mol. The zero-order valence-electron chi connectivity index (χ0n) is 63.7. The Morgan fingerprint density at radius 3 is 1.23 bits per heavy atom. The van der Waals surface area contributed by atoms with Gasteiger partial charge in [-0.3, -0.25) is 48.5 Å². The molecule has 20 rings (SSSR count). The minimum absolute atomic E-state index is 0.0204. The number of ether oxygens (including phenoxy) is 3. The van der Waals surface area contributed by atoms with Crippen molar-refractivity contribution < 1.29 is 53.2 Å². The van der Waals surface area contributed by atoms with Crippen molar-refractivity contribution in [3.8, 4) is 56.3 Å². The number of rotatable bonds is 26. The number of aliphatic carboxylic acids is 2. The molecule has 23 nitrogen and oxygen atoms in total. The lowest BCUT2D eigenvalue weighted by Gasteiger charge is -2.70. The molecule has 2 amide bonds. The molecule has 0 spiro atoms. The molecule has 10 fully saturated rings. The van der Waals surface area contributed by atoms with Crippen LogP contribution >= 0.6 is 46.4 Å². The first-order valence-electron chi connectivity index (χ1n) is 39.2. The number of imidazole rings is 2. The van der Waals surface area contributed by atoms with Gasteiger partial charge in [-0.2, -0.15) is 0 Å². The fraction of sp³-hybridized carbons (Fsp3) is 0.465. The van der Waals surface area contributed by atoms with E-state index in [1.54, 1.807) is 50.9 Å². The molecule has 0 atom stereocenters. The van der Waals surface area contributed by atoms with Crippen molar-refractivity contribution in [1.29, 1.82) is 0 Å². The highest BCUT2D eigenvalue weighted by molar-refractivity contribution is 6.40. The third kappa shape index (κ3) is 12.8. The molecular weight excluding hydrogens is 1520 g/mol. The molecule has 8 bridgehead atoms. The highest BCUT2D eigenvalue weighted by Gasteiger charge is 2.75. The van der Waals surface area contributed by atoms with E-state index in [0.717, 1.165) is 148 Å². The van der Waals surface area contributed by atoms with Gasteiger partial charge in [0.1, 0.15) is 11.5 Å². The summed E-state index contributed by atoms with van der Waals surface area (Å²) in [6.07, 6.45) is 16.9. The number of hydrogen-bond acceptors (Lipinski definition) is 17. The van der Waals surface area contributed by atoms with E-state index in [2.05, 4.69) is 31.1 Å². The maximum atomic E-state index is 14.0. The average Bonchev–Trinajstić information content (AvgIpc) is 1.35. The molecule has 0 saturated heterocycles. The summed E-state index contributed by atoms with van der Waals surface area (Å²) in [5, 5.41) is 34.6. The molecule has 4 aromatic heterocycles. The number of aromatic nitrogens is 6. The zero-order valence-corrected chi connectivity index (χ0v) is 66.7. The molecule has 12 aliphatic rings. The molecule has 6 heterocycles. The Hall–Kier alpha value is -8.78. The lowest BCUT2D eigenvalue weighted by molar-refractivity contribution is -0.244. The molecule has 4 aromatic carbocycles. The van der Waals surface area contributed by atoms with Gasteiger partial charge < -0.3 is 54.8 Å². The van der Waals surface area contributed by atoms with Crippen LogP contribution in [0.2, 0.25) is 20.1 Å². The van der Waals surface area contributed by atoms with E-state index in [4.69, 9.17) is 80.6 Å². The number of carboxylic acid groups (broad SMARTS) is 2. The quantitative estimate of drug-likeness (QED) is 0.0217. The summed E-state index contributed by atoms with van der Waals surface area (Å²) < 4.78 is 21.3. The van der Waals surface area contributed by atoms with E-state index in [-0.39, 0.29) is 33.3 Å². The maximum Gasteiger partial charge on any atom is 0.319 e. The van der Waals surface area contributed by atoms with Crippen LogP contribution in [0.4, 0.5) is 11.4 Å². The Bertz CT molecular complexity index is 4970. The van der Waals surface area contributed by atoms with E-state index >= 15 is 0 Å². The van der Waals surface area contributed by atoms with Crippen molar-refractivity contribution in [2.75, 3.05) is 64.1 Å². The molecular formula is C86H90Cl4N12O11.